The zero-order chi connectivity index (χ0) is 31.5. The monoisotopic (exact) mass is 611 g/mol. The fourth-order valence-corrected chi connectivity index (χ4v) is 5.38. The summed E-state index contributed by atoms with van der Waals surface area (Å²) in [5.41, 5.74) is 2.96. The Hall–Kier alpha value is -4.67. The second-order valence-corrected chi connectivity index (χ2v) is 11.1. The maximum Gasteiger partial charge on any atom is 0.323 e. The van der Waals surface area contributed by atoms with E-state index >= 15 is 0 Å². The average Bonchev–Trinajstić information content (AvgIpc) is 3.02. The summed E-state index contributed by atoms with van der Waals surface area (Å²) in [7, 11) is 4.89. The van der Waals surface area contributed by atoms with Crippen LogP contribution in [0.3, 0.4) is 0 Å². The van der Waals surface area contributed by atoms with Crippen molar-refractivity contribution in [2.24, 2.45) is 4.99 Å². The van der Waals surface area contributed by atoms with E-state index in [2.05, 4.69) is 25.6 Å². The number of aliphatic imine (C=N–C) groups is 1. The largest absolute Gasteiger partial charge is 0.493 e. The number of urea groups is 1. The topological polar surface area (TPSA) is 107 Å². The van der Waals surface area contributed by atoms with Crippen LogP contribution in [0.5, 0.6) is 11.5 Å². The Kier molecular flexibility index (Phi) is 11.1. The lowest BCUT2D eigenvalue weighted by molar-refractivity contribution is 0.0447. The molecule has 2 amide bonds. The lowest BCUT2D eigenvalue weighted by atomic mass is 10.0. The molecule has 10 heteroatoms. The average molecular weight is 612 g/mol. The third-order valence-corrected chi connectivity index (χ3v) is 7.59. The first kappa shape index (κ1) is 32.2. The molecule has 0 aliphatic carbocycles. The first-order chi connectivity index (χ1) is 21.3. The number of rotatable bonds is 12. The standard InChI is InChI=1S/C34H37N5O4S/c1-7-43-34(2,3)31(35-4)19-25(17-16-23-12-9-8-10-13-23)39-33(40)38-24-14-11-15-26(18-24)44-32-27-20-29(41-5)30(42-6)21-28(27)36-22-37-32/h8-22H,7H2,1-6H3,(H2,38,39,40)/b17-16-,25-19+,35-31?. The summed E-state index contributed by atoms with van der Waals surface area (Å²) in [5.74, 6) is 1.19. The van der Waals surface area contributed by atoms with Gasteiger partial charge in [-0.15, -0.1) is 0 Å². The van der Waals surface area contributed by atoms with Gasteiger partial charge in [0, 0.05) is 41.4 Å². The third kappa shape index (κ3) is 8.46. The van der Waals surface area contributed by atoms with Gasteiger partial charge in [-0.3, -0.25) is 4.99 Å². The molecular formula is C34H37N5O4S. The molecule has 4 aromatic rings. The molecule has 0 spiro atoms. The van der Waals surface area contributed by atoms with Crippen molar-refractivity contribution in [3.63, 3.8) is 0 Å². The summed E-state index contributed by atoms with van der Waals surface area (Å²) in [6.45, 7) is 6.37. The fraction of sp³-hybridized carbons (Fsp3) is 0.235. The van der Waals surface area contributed by atoms with Gasteiger partial charge in [-0.05, 0) is 62.8 Å². The molecule has 0 saturated carbocycles. The fourth-order valence-electron chi connectivity index (χ4n) is 4.45. The van der Waals surface area contributed by atoms with Crippen LogP contribution < -0.4 is 20.1 Å². The molecule has 0 bridgehead atoms. The second kappa shape index (κ2) is 15.2. The summed E-state index contributed by atoms with van der Waals surface area (Å²) >= 11 is 1.46. The molecule has 0 saturated heterocycles. The molecule has 2 N–H and O–H groups in total. The molecule has 0 unspecified atom stereocenters. The molecule has 0 aliphatic rings. The minimum Gasteiger partial charge on any atom is -0.493 e. The van der Waals surface area contributed by atoms with Crippen LogP contribution in [0, 0.1) is 0 Å². The van der Waals surface area contributed by atoms with Crippen molar-refractivity contribution in [2.75, 3.05) is 33.2 Å². The van der Waals surface area contributed by atoms with Crippen molar-refractivity contribution in [3.05, 3.63) is 96.5 Å². The number of ether oxygens (including phenoxy) is 3. The molecule has 228 valence electrons. The van der Waals surface area contributed by atoms with E-state index in [9.17, 15) is 4.79 Å². The number of carbonyl (C=O) groups is 1. The van der Waals surface area contributed by atoms with Crippen LogP contribution in [0.1, 0.15) is 26.3 Å². The molecule has 0 aliphatic heterocycles. The number of carbonyl (C=O) groups excluding carboxylic acids is 1. The summed E-state index contributed by atoms with van der Waals surface area (Å²) in [5, 5.41) is 7.49. The van der Waals surface area contributed by atoms with Crippen LogP contribution in [0.25, 0.3) is 17.0 Å². The van der Waals surface area contributed by atoms with Gasteiger partial charge in [0.05, 0.1) is 25.4 Å². The minimum atomic E-state index is -0.640. The molecule has 4 rings (SSSR count). The van der Waals surface area contributed by atoms with E-state index in [1.54, 1.807) is 21.3 Å². The van der Waals surface area contributed by atoms with Gasteiger partial charge in [0.2, 0.25) is 0 Å². The Bertz CT molecular complexity index is 1690. The van der Waals surface area contributed by atoms with E-state index in [4.69, 9.17) is 14.2 Å². The number of hydrogen-bond acceptors (Lipinski definition) is 8. The number of amides is 2. The lowest BCUT2D eigenvalue weighted by Gasteiger charge is -2.25. The van der Waals surface area contributed by atoms with Crippen LogP contribution >= 0.6 is 11.8 Å². The van der Waals surface area contributed by atoms with E-state index in [0.29, 0.717) is 35.2 Å². The van der Waals surface area contributed by atoms with Gasteiger partial charge in [-0.25, -0.2) is 14.8 Å². The molecule has 44 heavy (non-hydrogen) atoms. The van der Waals surface area contributed by atoms with E-state index < -0.39 is 11.6 Å². The zero-order valence-corrected chi connectivity index (χ0v) is 26.6. The molecule has 0 atom stereocenters. The van der Waals surface area contributed by atoms with Crippen LogP contribution in [0.4, 0.5) is 10.5 Å². The molecule has 9 nitrogen and oxygen atoms in total. The Morgan fingerprint density at radius 1 is 1.00 bits per heavy atom. The Morgan fingerprint density at radius 3 is 2.45 bits per heavy atom. The van der Waals surface area contributed by atoms with E-state index in [-0.39, 0.29) is 0 Å². The summed E-state index contributed by atoms with van der Waals surface area (Å²) < 4.78 is 16.8. The van der Waals surface area contributed by atoms with Gasteiger partial charge < -0.3 is 24.8 Å². The smallest absolute Gasteiger partial charge is 0.323 e. The molecular weight excluding hydrogens is 574 g/mol. The summed E-state index contributed by atoms with van der Waals surface area (Å²) in [6.07, 6.45) is 7.12. The Morgan fingerprint density at radius 2 is 1.75 bits per heavy atom. The van der Waals surface area contributed by atoms with Crippen molar-refractivity contribution in [3.8, 4) is 11.5 Å². The minimum absolute atomic E-state index is 0.398. The van der Waals surface area contributed by atoms with Crippen molar-refractivity contribution < 1.29 is 19.0 Å². The van der Waals surface area contributed by atoms with Crippen LogP contribution in [0.15, 0.2) is 106 Å². The van der Waals surface area contributed by atoms with E-state index in [0.717, 1.165) is 26.4 Å². The summed E-state index contributed by atoms with van der Waals surface area (Å²) in [6, 6.07) is 20.7. The lowest BCUT2D eigenvalue weighted by Crippen LogP contribution is -2.35. The van der Waals surface area contributed by atoms with Gasteiger partial charge in [0.25, 0.3) is 0 Å². The number of allylic oxidation sites excluding steroid dienone is 1. The molecule has 1 heterocycles. The normalized spacial score (nSPS) is 12.4. The number of hydrogen-bond donors (Lipinski definition) is 2. The van der Waals surface area contributed by atoms with Gasteiger partial charge in [-0.2, -0.15) is 0 Å². The van der Waals surface area contributed by atoms with E-state index in [1.807, 2.05) is 106 Å². The number of nitrogens with zero attached hydrogens (tertiary/aromatic N) is 3. The van der Waals surface area contributed by atoms with E-state index in [1.165, 1.54) is 18.1 Å². The molecule has 1 aromatic heterocycles. The third-order valence-electron chi connectivity index (χ3n) is 6.58. The summed E-state index contributed by atoms with van der Waals surface area (Å²) in [4.78, 5) is 27.4. The maximum absolute atomic E-state index is 13.2. The van der Waals surface area contributed by atoms with Gasteiger partial charge in [0.15, 0.2) is 11.5 Å². The number of benzene rings is 3. The van der Waals surface area contributed by atoms with Gasteiger partial charge in [-0.1, -0.05) is 54.2 Å². The first-order valence-corrected chi connectivity index (χ1v) is 14.9. The SMILES string of the molecule is CCOC(C)(C)C(/C=C(\C=C/c1ccccc1)NC(=O)Nc1cccc(Sc2ncnc3cc(OC)c(OC)cc23)c1)=NC. The van der Waals surface area contributed by atoms with Crippen LogP contribution in [0.2, 0.25) is 0 Å². The number of aromatic nitrogens is 2. The second-order valence-electron chi connectivity index (χ2n) is 10.0. The number of methoxy groups -OCH3 is 2. The van der Waals surface area contributed by atoms with Crippen LogP contribution in [-0.2, 0) is 4.74 Å². The van der Waals surface area contributed by atoms with Gasteiger partial charge in [0.1, 0.15) is 17.0 Å². The highest BCUT2D eigenvalue weighted by Crippen LogP contribution is 2.37. The number of nitrogens with one attached hydrogen (secondary N) is 2. The Balaban J connectivity index is 1.55. The molecule has 0 fully saturated rings. The van der Waals surface area contributed by atoms with Crippen LogP contribution in [-0.4, -0.2) is 55.2 Å². The highest BCUT2D eigenvalue weighted by Gasteiger charge is 2.24. The maximum atomic E-state index is 13.2. The van der Waals surface area contributed by atoms with Crippen molar-refractivity contribution in [2.45, 2.75) is 36.3 Å². The molecule has 0 radical (unpaired) electrons. The molecule has 3 aromatic carbocycles. The highest BCUT2D eigenvalue weighted by atomic mass is 32.2. The Labute approximate surface area is 262 Å². The number of anilines is 1. The predicted molar refractivity (Wildman–Crippen MR) is 178 cm³/mol. The first-order valence-electron chi connectivity index (χ1n) is 14.0. The quantitative estimate of drug-likeness (QED) is 0.0976. The highest BCUT2D eigenvalue weighted by molar-refractivity contribution is 7.99. The van der Waals surface area contributed by atoms with Gasteiger partial charge >= 0.3 is 6.03 Å². The number of fused-ring (bicyclic) bond motifs is 1. The van der Waals surface area contributed by atoms with Crippen molar-refractivity contribution in [1.29, 1.82) is 0 Å². The van der Waals surface area contributed by atoms with Crippen molar-refractivity contribution >= 4 is 46.2 Å². The predicted octanol–water partition coefficient (Wildman–Crippen LogP) is 7.40. The van der Waals surface area contributed by atoms with Crippen molar-refractivity contribution in [1.82, 2.24) is 15.3 Å². The zero-order valence-electron chi connectivity index (χ0n) is 25.8.